The predicted octanol–water partition coefficient (Wildman–Crippen LogP) is 0.915. The third-order valence-electron chi connectivity index (χ3n) is 1.61. The van der Waals surface area contributed by atoms with E-state index in [-0.39, 0.29) is 0 Å². The number of aryl methyl sites for hydroxylation is 1. The summed E-state index contributed by atoms with van der Waals surface area (Å²) in [6.07, 6.45) is 3.31. The van der Waals surface area contributed by atoms with Crippen molar-refractivity contribution in [3.8, 4) is 0 Å². The molecule has 2 N–H and O–H groups in total. The molecule has 2 aromatic heterocycles. The Bertz CT molecular complexity index is 424. The van der Waals surface area contributed by atoms with E-state index in [9.17, 15) is 0 Å². The van der Waals surface area contributed by atoms with Crippen LogP contribution >= 0.6 is 0 Å². The van der Waals surface area contributed by atoms with Gasteiger partial charge in [-0.1, -0.05) is 0 Å². The zero-order valence-electron chi connectivity index (χ0n) is 6.65. The molecular weight excluding hydrogens is 152 g/mol. The lowest BCUT2D eigenvalue weighted by Crippen LogP contribution is -1.95. The molecule has 0 radical (unpaired) electrons. The van der Waals surface area contributed by atoms with Crippen molar-refractivity contribution in [2.45, 2.75) is 6.92 Å². The third-order valence-corrected chi connectivity index (χ3v) is 1.61. The normalized spacial score (nSPS) is 10.4. The first-order valence-electron chi connectivity index (χ1n) is 3.61. The fraction of sp³-hybridized carbons (Fsp3) is 0.125. The first kappa shape index (κ1) is 6.97. The maximum Gasteiger partial charge on any atom is 0.151 e. The molecule has 0 aliphatic rings. The lowest BCUT2D eigenvalue weighted by molar-refractivity contribution is 1.17. The molecule has 2 rings (SSSR count). The number of anilines is 1. The van der Waals surface area contributed by atoms with Gasteiger partial charge in [-0.15, -0.1) is 0 Å². The van der Waals surface area contributed by atoms with E-state index in [0.717, 1.165) is 11.2 Å². The number of fused-ring (bicyclic) bond motifs is 1. The van der Waals surface area contributed by atoms with Gasteiger partial charge in [0.1, 0.15) is 5.52 Å². The van der Waals surface area contributed by atoms with Crippen LogP contribution in [0.25, 0.3) is 11.0 Å². The molecule has 0 bridgehead atoms. The third kappa shape index (κ3) is 0.972. The van der Waals surface area contributed by atoms with Gasteiger partial charge in [0.05, 0.1) is 11.2 Å². The van der Waals surface area contributed by atoms with Gasteiger partial charge in [0.2, 0.25) is 0 Å². The fourth-order valence-electron chi connectivity index (χ4n) is 1.06. The van der Waals surface area contributed by atoms with Gasteiger partial charge in [0.15, 0.2) is 5.82 Å². The molecule has 2 heterocycles. The first-order chi connectivity index (χ1) is 5.77. The average Bonchev–Trinajstić information content (AvgIpc) is 2.04. The number of rotatable bonds is 0. The molecule has 0 saturated heterocycles. The highest BCUT2D eigenvalue weighted by Crippen LogP contribution is 2.12. The lowest BCUT2D eigenvalue weighted by atomic mass is 10.3. The predicted molar refractivity (Wildman–Crippen MR) is 46.5 cm³/mol. The van der Waals surface area contributed by atoms with E-state index in [2.05, 4.69) is 15.0 Å². The highest BCUT2D eigenvalue weighted by atomic mass is 14.9. The van der Waals surface area contributed by atoms with Crippen molar-refractivity contribution in [1.29, 1.82) is 0 Å². The van der Waals surface area contributed by atoms with E-state index in [0.29, 0.717) is 11.3 Å². The summed E-state index contributed by atoms with van der Waals surface area (Å²) in [4.78, 5) is 12.3. The second kappa shape index (κ2) is 2.41. The summed E-state index contributed by atoms with van der Waals surface area (Å²) in [7, 11) is 0. The molecule has 0 saturated carbocycles. The Morgan fingerprint density at radius 1 is 1.33 bits per heavy atom. The monoisotopic (exact) mass is 160 g/mol. The minimum Gasteiger partial charge on any atom is -0.382 e. The second-order valence-electron chi connectivity index (χ2n) is 2.58. The molecule has 0 aliphatic carbocycles. The Hall–Kier alpha value is -1.71. The highest BCUT2D eigenvalue weighted by Gasteiger charge is 1.99. The number of hydrogen-bond donors (Lipinski definition) is 1. The van der Waals surface area contributed by atoms with Crippen LogP contribution in [0.1, 0.15) is 5.69 Å². The molecule has 0 fully saturated rings. The van der Waals surface area contributed by atoms with Crippen LogP contribution in [0.15, 0.2) is 18.5 Å². The molecular formula is C8H8N4. The Kier molecular flexibility index (Phi) is 1.40. The molecule has 4 heteroatoms. The maximum absolute atomic E-state index is 5.59. The van der Waals surface area contributed by atoms with Crippen LogP contribution in [-0.2, 0) is 0 Å². The van der Waals surface area contributed by atoms with Crippen LogP contribution in [0.3, 0.4) is 0 Å². The summed E-state index contributed by atoms with van der Waals surface area (Å²) in [5.74, 6) is 0.431. The van der Waals surface area contributed by atoms with Gasteiger partial charge < -0.3 is 5.73 Å². The summed E-state index contributed by atoms with van der Waals surface area (Å²) in [5, 5.41) is 0. The SMILES string of the molecule is Cc1cnc2c(N)nccc2n1. The zero-order valence-corrected chi connectivity index (χ0v) is 6.65. The molecule has 4 nitrogen and oxygen atoms in total. The number of nitrogen functional groups attached to an aromatic ring is 1. The molecule has 0 aliphatic heterocycles. The largest absolute Gasteiger partial charge is 0.382 e. The lowest BCUT2D eigenvalue weighted by Gasteiger charge is -1.98. The number of nitrogens with two attached hydrogens (primary N) is 1. The Labute approximate surface area is 69.5 Å². The van der Waals surface area contributed by atoms with Gasteiger partial charge in [-0.05, 0) is 13.0 Å². The minimum atomic E-state index is 0.431. The molecule has 0 amide bonds. The van der Waals surface area contributed by atoms with Crippen molar-refractivity contribution in [3.63, 3.8) is 0 Å². The maximum atomic E-state index is 5.59. The quantitative estimate of drug-likeness (QED) is 0.622. The fourth-order valence-corrected chi connectivity index (χ4v) is 1.06. The molecule has 0 atom stereocenters. The van der Waals surface area contributed by atoms with E-state index in [4.69, 9.17) is 5.73 Å². The standard InChI is InChI=1S/C8H8N4/c1-5-4-11-7-6(12-5)2-3-10-8(7)9/h2-4H,1H3,(H2,9,10). The Morgan fingerprint density at radius 2 is 2.17 bits per heavy atom. The number of aromatic nitrogens is 3. The summed E-state index contributed by atoms with van der Waals surface area (Å²) in [5.41, 5.74) is 7.94. The van der Waals surface area contributed by atoms with Crippen LogP contribution in [-0.4, -0.2) is 15.0 Å². The van der Waals surface area contributed by atoms with Gasteiger partial charge in [0, 0.05) is 12.4 Å². The van der Waals surface area contributed by atoms with Crippen molar-refractivity contribution < 1.29 is 0 Å². The van der Waals surface area contributed by atoms with Crippen LogP contribution in [0.5, 0.6) is 0 Å². The van der Waals surface area contributed by atoms with Gasteiger partial charge in [-0.25, -0.2) is 15.0 Å². The van der Waals surface area contributed by atoms with Gasteiger partial charge in [0.25, 0.3) is 0 Å². The molecule has 60 valence electrons. The minimum absolute atomic E-state index is 0.431. The van der Waals surface area contributed by atoms with Crippen molar-refractivity contribution in [2.24, 2.45) is 0 Å². The second-order valence-corrected chi connectivity index (χ2v) is 2.58. The van der Waals surface area contributed by atoms with Gasteiger partial charge in [-0.2, -0.15) is 0 Å². The molecule has 0 aromatic carbocycles. The van der Waals surface area contributed by atoms with E-state index in [1.165, 1.54) is 0 Å². The summed E-state index contributed by atoms with van der Waals surface area (Å²) in [6, 6.07) is 1.80. The number of pyridine rings is 1. The van der Waals surface area contributed by atoms with Crippen LogP contribution in [0.4, 0.5) is 5.82 Å². The zero-order chi connectivity index (χ0) is 8.55. The summed E-state index contributed by atoms with van der Waals surface area (Å²) < 4.78 is 0. The van der Waals surface area contributed by atoms with Gasteiger partial charge in [-0.3, -0.25) is 0 Å². The molecule has 12 heavy (non-hydrogen) atoms. The molecule has 0 unspecified atom stereocenters. The number of nitrogens with zero attached hydrogens (tertiary/aromatic N) is 3. The Morgan fingerprint density at radius 3 is 3.00 bits per heavy atom. The van der Waals surface area contributed by atoms with E-state index >= 15 is 0 Å². The smallest absolute Gasteiger partial charge is 0.151 e. The van der Waals surface area contributed by atoms with E-state index in [1.54, 1.807) is 18.5 Å². The summed E-state index contributed by atoms with van der Waals surface area (Å²) >= 11 is 0. The van der Waals surface area contributed by atoms with E-state index < -0.39 is 0 Å². The van der Waals surface area contributed by atoms with E-state index in [1.807, 2.05) is 6.92 Å². The van der Waals surface area contributed by atoms with Crippen LogP contribution < -0.4 is 5.73 Å². The van der Waals surface area contributed by atoms with Gasteiger partial charge >= 0.3 is 0 Å². The van der Waals surface area contributed by atoms with Crippen molar-refractivity contribution in [2.75, 3.05) is 5.73 Å². The summed E-state index contributed by atoms with van der Waals surface area (Å²) in [6.45, 7) is 1.89. The van der Waals surface area contributed by atoms with Crippen molar-refractivity contribution >= 4 is 16.9 Å². The molecule has 2 aromatic rings. The first-order valence-corrected chi connectivity index (χ1v) is 3.61. The molecule has 0 spiro atoms. The number of hydrogen-bond acceptors (Lipinski definition) is 4. The highest BCUT2D eigenvalue weighted by molar-refractivity contribution is 5.83. The Balaban J connectivity index is 2.86. The topological polar surface area (TPSA) is 64.7 Å². The van der Waals surface area contributed by atoms with Crippen molar-refractivity contribution in [1.82, 2.24) is 15.0 Å². The van der Waals surface area contributed by atoms with Crippen LogP contribution in [0, 0.1) is 6.92 Å². The van der Waals surface area contributed by atoms with Crippen LogP contribution in [0.2, 0.25) is 0 Å². The average molecular weight is 160 g/mol. The van der Waals surface area contributed by atoms with Crippen molar-refractivity contribution in [3.05, 3.63) is 24.2 Å².